The van der Waals surface area contributed by atoms with Gasteiger partial charge in [0.05, 0.1) is 0 Å². The summed E-state index contributed by atoms with van der Waals surface area (Å²) in [6.45, 7) is 0.280. The van der Waals surface area contributed by atoms with Crippen molar-refractivity contribution >= 4 is 5.97 Å². The molecule has 0 saturated carbocycles. The van der Waals surface area contributed by atoms with Gasteiger partial charge in [-0.2, -0.15) is 0 Å². The molecule has 0 aromatic carbocycles. The second kappa shape index (κ2) is 17.6. The Hall–Kier alpha value is -2.21. The van der Waals surface area contributed by atoms with Crippen molar-refractivity contribution in [3.63, 3.8) is 0 Å². The van der Waals surface area contributed by atoms with Crippen LogP contribution in [0.2, 0.25) is 0 Å². The normalized spacial score (nSPS) is 13.4. The van der Waals surface area contributed by atoms with Gasteiger partial charge in [0.25, 0.3) is 0 Å². The minimum Gasteiger partial charge on any atom is -0.476 e. The van der Waals surface area contributed by atoms with Gasteiger partial charge in [-0.15, -0.1) is 0 Å². The van der Waals surface area contributed by atoms with E-state index in [-0.39, 0.29) is 13.0 Å². The molecule has 6 nitrogen and oxygen atoms in total. The zero-order valence-electron chi connectivity index (χ0n) is 15.3. The Balaban J connectivity index is 3.64. The number of allylic oxidation sites excluding steroid dienone is 8. The van der Waals surface area contributed by atoms with Crippen LogP contribution in [0, 0.1) is 10.1 Å². The summed E-state index contributed by atoms with van der Waals surface area (Å²) in [6.07, 6.45) is 23.4. The molecule has 6 heteroatoms. The Morgan fingerprint density at radius 1 is 0.846 bits per heavy atom. The molecule has 0 aromatic heterocycles. The molecule has 1 unspecified atom stereocenters. The molecule has 0 aliphatic rings. The molecular weight excluding hydrogens is 334 g/mol. The number of rotatable bonds is 16. The van der Waals surface area contributed by atoms with E-state index in [2.05, 4.69) is 30.4 Å². The first kappa shape index (κ1) is 23.8. The molecule has 0 aliphatic heterocycles. The van der Waals surface area contributed by atoms with Crippen molar-refractivity contribution in [1.29, 1.82) is 0 Å². The molecule has 0 radical (unpaired) electrons. The molecule has 0 amide bonds. The highest BCUT2D eigenvalue weighted by atomic mass is 16.6. The molecule has 0 aromatic rings. The van der Waals surface area contributed by atoms with Gasteiger partial charge in [-0.05, 0) is 44.9 Å². The maximum Gasteiger partial charge on any atom is 0.379 e. The average molecular weight is 365 g/mol. The number of aliphatic hydroxyl groups excluding tert-OH is 1. The Kier molecular flexibility index (Phi) is 16.1. The van der Waals surface area contributed by atoms with Gasteiger partial charge < -0.3 is 10.2 Å². The van der Waals surface area contributed by atoms with E-state index in [1.54, 1.807) is 6.08 Å². The monoisotopic (exact) mass is 365 g/mol. The molecule has 0 heterocycles. The summed E-state index contributed by atoms with van der Waals surface area (Å²) in [5.74, 6) is -1.38. The van der Waals surface area contributed by atoms with E-state index >= 15 is 0 Å². The Labute approximate surface area is 155 Å². The van der Waals surface area contributed by atoms with E-state index in [9.17, 15) is 14.9 Å². The number of nitro groups is 1. The quantitative estimate of drug-likeness (QED) is 0.182. The van der Waals surface area contributed by atoms with Crippen LogP contribution in [-0.2, 0) is 4.79 Å². The van der Waals surface area contributed by atoms with Gasteiger partial charge in [-0.25, -0.2) is 4.79 Å². The summed E-state index contributed by atoms with van der Waals surface area (Å²) in [5, 5.41) is 27.9. The highest BCUT2D eigenvalue weighted by Gasteiger charge is 2.27. The van der Waals surface area contributed by atoms with E-state index in [1.165, 1.54) is 0 Å². The fourth-order valence-electron chi connectivity index (χ4n) is 2.17. The summed E-state index contributed by atoms with van der Waals surface area (Å²) >= 11 is 0. The van der Waals surface area contributed by atoms with Crippen molar-refractivity contribution in [3.8, 4) is 0 Å². The lowest BCUT2D eigenvalue weighted by Crippen LogP contribution is -2.28. The standard InChI is InChI=1S/C20H31NO5/c22-18-16-14-12-10-8-6-4-2-1-3-5-7-9-11-13-15-17-19(20(23)24)21(25)26/h1-2,5-8,11,13,19,22H,3-4,9-10,12,14-18H2,(H,23,24). The smallest absolute Gasteiger partial charge is 0.379 e. The van der Waals surface area contributed by atoms with E-state index in [4.69, 9.17) is 10.2 Å². The van der Waals surface area contributed by atoms with Crippen molar-refractivity contribution in [2.75, 3.05) is 6.61 Å². The number of aliphatic hydroxyl groups is 1. The third kappa shape index (κ3) is 15.3. The van der Waals surface area contributed by atoms with Crippen LogP contribution in [-0.4, -0.2) is 33.8 Å². The van der Waals surface area contributed by atoms with Gasteiger partial charge >= 0.3 is 12.0 Å². The van der Waals surface area contributed by atoms with E-state index in [0.717, 1.165) is 44.9 Å². The van der Waals surface area contributed by atoms with Crippen molar-refractivity contribution in [1.82, 2.24) is 0 Å². The largest absolute Gasteiger partial charge is 0.476 e. The zero-order chi connectivity index (χ0) is 19.5. The molecule has 0 spiro atoms. The third-order valence-electron chi connectivity index (χ3n) is 3.66. The minimum absolute atomic E-state index is 0.0141. The van der Waals surface area contributed by atoms with Crippen LogP contribution in [0.4, 0.5) is 0 Å². The number of hydrogen-bond acceptors (Lipinski definition) is 4. The zero-order valence-corrected chi connectivity index (χ0v) is 15.3. The SMILES string of the molecule is O=C(O)C(CCC=CCC=CCC=CCC=CCCCCCO)[N+](=O)[O-]. The number of aliphatic carboxylic acids is 1. The molecule has 0 bridgehead atoms. The number of carboxylic acids is 1. The van der Waals surface area contributed by atoms with Crippen LogP contribution in [0.15, 0.2) is 48.6 Å². The van der Waals surface area contributed by atoms with E-state index in [0.29, 0.717) is 6.42 Å². The lowest BCUT2D eigenvalue weighted by atomic mass is 10.1. The Morgan fingerprint density at radius 2 is 1.35 bits per heavy atom. The predicted octanol–water partition coefficient (Wildman–Crippen LogP) is 4.44. The fraction of sp³-hybridized carbons (Fsp3) is 0.550. The van der Waals surface area contributed by atoms with Crippen LogP contribution in [0.25, 0.3) is 0 Å². The van der Waals surface area contributed by atoms with Crippen molar-refractivity contribution < 1.29 is 19.9 Å². The van der Waals surface area contributed by atoms with Gasteiger partial charge in [0.2, 0.25) is 0 Å². The Morgan fingerprint density at radius 3 is 1.81 bits per heavy atom. The summed E-state index contributed by atoms with van der Waals surface area (Å²) in [5.41, 5.74) is 0. The first-order valence-electron chi connectivity index (χ1n) is 9.16. The first-order valence-corrected chi connectivity index (χ1v) is 9.16. The highest BCUT2D eigenvalue weighted by Crippen LogP contribution is 2.04. The second-order valence-electron chi connectivity index (χ2n) is 5.88. The number of unbranched alkanes of at least 4 members (excludes halogenated alkanes) is 3. The number of hydrogen-bond donors (Lipinski definition) is 2. The van der Waals surface area contributed by atoms with Gasteiger partial charge in [-0.1, -0.05) is 55.0 Å². The molecule has 0 aliphatic carbocycles. The summed E-state index contributed by atoms with van der Waals surface area (Å²) in [6, 6.07) is -1.52. The maximum atomic E-state index is 10.6. The maximum absolute atomic E-state index is 10.6. The van der Waals surface area contributed by atoms with Crippen LogP contribution >= 0.6 is 0 Å². The highest BCUT2D eigenvalue weighted by molar-refractivity contribution is 5.71. The van der Waals surface area contributed by atoms with Gasteiger partial charge in [-0.3, -0.25) is 10.1 Å². The summed E-state index contributed by atoms with van der Waals surface area (Å²) in [4.78, 5) is 20.4. The molecule has 146 valence electrons. The van der Waals surface area contributed by atoms with Gasteiger partial charge in [0.1, 0.15) is 0 Å². The summed E-state index contributed by atoms with van der Waals surface area (Å²) < 4.78 is 0. The topological polar surface area (TPSA) is 101 Å². The third-order valence-corrected chi connectivity index (χ3v) is 3.66. The van der Waals surface area contributed by atoms with Crippen LogP contribution in [0.5, 0.6) is 0 Å². The van der Waals surface area contributed by atoms with Gasteiger partial charge in [0.15, 0.2) is 0 Å². The van der Waals surface area contributed by atoms with Crippen molar-refractivity contribution in [2.45, 2.75) is 63.8 Å². The van der Waals surface area contributed by atoms with Crippen LogP contribution < -0.4 is 0 Å². The molecule has 0 rings (SSSR count). The van der Waals surface area contributed by atoms with Crippen LogP contribution in [0.3, 0.4) is 0 Å². The molecular formula is C20H31NO5. The van der Waals surface area contributed by atoms with Crippen molar-refractivity contribution in [2.24, 2.45) is 0 Å². The molecule has 2 N–H and O–H groups in total. The lowest BCUT2D eigenvalue weighted by molar-refractivity contribution is -0.510. The molecule has 1 atom stereocenters. The van der Waals surface area contributed by atoms with E-state index < -0.39 is 16.9 Å². The van der Waals surface area contributed by atoms with E-state index in [1.807, 2.05) is 12.2 Å². The fourth-order valence-corrected chi connectivity index (χ4v) is 2.17. The number of carbonyl (C=O) groups is 1. The molecule has 0 fully saturated rings. The minimum atomic E-state index is -1.52. The van der Waals surface area contributed by atoms with Crippen molar-refractivity contribution in [3.05, 3.63) is 58.7 Å². The molecule has 26 heavy (non-hydrogen) atoms. The summed E-state index contributed by atoms with van der Waals surface area (Å²) in [7, 11) is 0. The number of nitrogens with zero attached hydrogens (tertiary/aromatic N) is 1. The van der Waals surface area contributed by atoms with Crippen LogP contribution in [0.1, 0.15) is 57.8 Å². The number of carboxylic acid groups (broad SMARTS) is 1. The molecule has 0 saturated heterocycles. The Bertz CT molecular complexity index is 480. The van der Waals surface area contributed by atoms with Gasteiger partial charge in [0, 0.05) is 18.0 Å². The average Bonchev–Trinajstić information content (AvgIpc) is 2.60. The second-order valence-corrected chi connectivity index (χ2v) is 5.88. The lowest BCUT2D eigenvalue weighted by Gasteiger charge is -2.01. The first-order chi connectivity index (χ1) is 12.6. The predicted molar refractivity (Wildman–Crippen MR) is 104 cm³/mol.